The van der Waals surface area contributed by atoms with Gasteiger partial charge in [0, 0.05) is 17.4 Å². The maximum atomic E-state index is 13.3. The fourth-order valence-electron chi connectivity index (χ4n) is 3.80. The minimum Gasteiger partial charge on any atom is -0.507 e. The molecule has 0 spiro atoms. The zero-order valence-electron chi connectivity index (χ0n) is 18.7. The van der Waals surface area contributed by atoms with E-state index in [9.17, 15) is 26.7 Å². The molecule has 3 heterocycles. The monoisotopic (exact) mass is 504 g/mol. The number of aromatic nitrogens is 1. The number of anilines is 2. The zero-order chi connectivity index (χ0) is 24.8. The molecule has 2 aromatic heterocycles. The van der Waals surface area contributed by atoms with Crippen molar-refractivity contribution in [3.05, 3.63) is 64.1 Å². The van der Waals surface area contributed by atoms with Crippen molar-refractivity contribution >= 4 is 42.8 Å². The fourth-order valence-corrected chi connectivity index (χ4v) is 5.50. The highest BCUT2D eigenvalue weighted by molar-refractivity contribution is 7.92. The van der Waals surface area contributed by atoms with Crippen molar-refractivity contribution in [2.75, 3.05) is 16.3 Å². The minimum atomic E-state index is -4.31. The Hall–Kier alpha value is -3.38. The first kappa shape index (κ1) is 23.8. The van der Waals surface area contributed by atoms with Gasteiger partial charge in [0.15, 0.2) is 5.84 Å². The molecular weight excluding hydrogens is 480 g/mol. The lowest BCUT2D eigenvalue weighted by molar-refractivity contribution is 0.461. The molecule has 0 fully saturated rings. The third kappa shape index (κ3) is 4.50. The van der Waals surface area contributed by atoms with Crippen molar-refractivity contribution in [3.8, 4) is 5.75 Å². The maximum absolute atomic E-state index is 13.3. The van der Waals surface area contributed by atoms with Crippen LogP contribution in [0.3, 0.4) is 0 Å². The molecule has 1 aliphatic heterocycles. The van der Waals surface area contributed by atoms with Gasteiger partial charge in [-0.2, -0.15) is 8.42 Å². The molecule has 1 aromatic carbocycles. The number of aryl methyl sites for hydroxylation is 1. The molecule has 3 N–H and O–H groups in total. The van der Waals surface area contributed by atoms with Gasteiger partial charge in [-0.15, -0.1) is 4.40 Å². The number of aromatic hydroxyl groups is 1. The van der Waals surface area contributed by atoms with Crippen LogP contribution >= 0.6 is 0 Å². The first-order valence-electron chi connectivity index (χ1n) is 10.5. The molecule has 1 aliphatic rings. The Kier molecular flexibility index (Phi) is 5.90. The summed E-state index contributed by atoms with van der Waals surface area (Å²) in [6.07, 6.45) is 3.71. The van der Waals surface area contributed by atoms with Crippen LogP contribution < -0.4 is 15.6 Å². The smallest absolute Gasteiger partial charge is 0.286 e. The Bertz CT molecular complexity index is 1610. The molecule has 0 saturated heterocycles. The number of amidine groups is 1. The molecule has 34 heavy (non-hydrogen) atoms. The Morgan fingerprint density at radius 1 is 1.21 bits per heavy atom. The van der Waals surface area contributed by atoms with Crippen molar-refractivity contribution < 1.29 is 21.9 Å². The van der Waals surface area contributed by atoms with E-state index in [4.69, 9.17) is 0 Å². The summed E-state index contributed by atoms with van der Waals surface area (Å²) in [4.78, 5) is 13.0. The van der Waals surface area contributed by atoms with Gasteiger partial charge >= 0.3 is 0 Å². The van der Waals surface area contributed by atoms with Crippen molar-refractivity contribution in [1.82, 2.24) is 4.40 Å². The number of benzene rings is 1. The molecule has 0 radical (unpaired) electrons. The molecule has 0 unspecified atom stereocenters. The highest BCUT2D eigenvalue weighted by Crippen LogP contribution is 2.34. The van der Waals surface area contributed by atoms with Crippen LogP contribution in [-0.2, 0) is 26.5 Å². The minimum absolute atomic E-state index is 0.0508. The van der Waals surface area contributed by atoms with Crippen LogP contribution in [0.1, 0.15) is 31.4 Å². The number of nitrogens with one attached hydrogen (secondary N) is 2. The molecule has 12 heteroatoms. The number of fused-ring (bicyclic) bond motifs is 2. The Morgan fingerprint density at radius 3 is 2.62 bits per heavy atom. The normalized spacial score (nSPS) is 15.0. The van der Waals surface area contributed by atoms with E-state index in [-0.39, 0.29) is 33.4 Å². The third-order valence-electron chi connectivity index (χ3n) is 5.36. The zero-order valence-corrected chi connectivity index (χ0v) is 20.4. The Labute approximate surface area is 197 Å². The maximum Gasteiger partial charge on any atom is 0.286 e. The second kappa shape index (κ2) is 8.44. The summed E-state index contributed by atoms with van der Waals surface area (Å²) < 4.78 is 56.3. The average Bonchev–Trinajstić information content (AvgIpc) is 2.72. The van der Waals surface area contributed by atoms with E-state index in [2.05, 4.69) is 14.4 Å². The van der Waals surface area contributed by atoms with Crippen LogP contribution in [0.2, 0.25) is 0 Å². The van der Waals surface area contributed by atoms with E-state index in [1.807, 2.05) is 13.8 Å². The summed E-state index contributed by atoms with van der Waals surface area (Å²) in [5.41, 5.74) is 0.325. The van der Waals surface area contributed by atoms with Crippen molar-refractivity contribution in [1.29, 1.82) is 0 Å². The summed E-state index contributed by atoms with van der Waals surface area (Å²) in [6.45, 7) is 4.08. The van der Waals surface area contributed by atoms with Gasteiger partial charge in [0.1, 0.15) is 16.2 Å². The van der Waals surface area contributed by atoms with Crippen LogP contribution in [0.25, 0.3) is 5.52 Å². The number of hydrogen-bond donors (Lipinski definition) is 3. The number of nitrogens with zero attached hydrogens (tertiary/aromatic N) is 2. The third-order valence-corrected chi connectivity index (χ3v) is 7.28. The van der Waals surface area contributed by atoms with Gasteiger partial charge in [0.05, 0.1) is 17.5 Å². The molecule has 0 aliphatic carbocycles. The van der Waals surface area contributed by atoms with Gasteiger partial charge in [-0.25, -0.2) is 8.42 Å². The van der Waals surface area contributed by atoms with Gasteiger partial charge in [-0.1, -0.05) is 19.9 Å². The second-order valence-corrected chi connectivity index (χ2v) is 11.8. The average molecular weight is 505 g/mol. The van der Waals surface area contributed by atoms with Crippen LogP contribution in [0.4, 0.5) is 11.4 Å². The molecule has 4 rings (SSSR count). The van der Waals surface area contributed by atoms with E-state index in [1.54, 1.807) is 24.4 Å². The number of hydrogen-bond acceptors (Lipinski definition) is 7. The van der Waals surface area contributed by atoms with Gasteiger partial charge in [0.25, 0.3) is 15.6 Å². The van der Waals surface area contributed by atoms with E-state index in [0.717, 1.165) is 18.7 Å². The van der Waals surface area contributed by atoms with Crippen molar-refractivity contribution in [2.24, 2.45) is 10.3 Å². The highest BCUT2D eigenvalue weighted by atomic mass is 32.2. The van der Waals surface area contributed by atoms with Gasteiger partial charge < -0.3 is 10.4 Å². The molecule has 3 aromatic rings. The first-order valence-corrected chi connectivity index (χ1v) is 13.8. The lowest BCUT2D eigenvalue weighted by Crippen LogP contribution is -2.31. The quantitative estimate of drug-likeness (QED) is 0.467. The highest BCUT2D eigenvalue weighted by Gasteiger charge is 2.30. The second-order valence-electron chi connectivity index (χ2n) is 8.52. The van der Waals surface area contributed by atoms with Gasteiger partial charge in [0.2, 0.25) is 10.0 Å². The van der Waals surface area contributed by atoms with Crippen molar-refractivity contribution in [2.45, 2.75) is 31.6 Å². The number of pyridine rings is 2. The van der Waals surface area contributed by atoms with Crippen LogP contribution in [0.5, 0.6) is 5.75 Å². The molecule has 0 amide bonds. The summed E-state index contributed by atoms with van der Waals surface area (Å²) in [5.74, 6) is -0.286. The SMILES string of the molecule is CC(C)CCc1c(O)c(C2=NS(=O)(=O)c3cc(NS(C)(=O)=O)ccc3N2)c(=O)n2ccccc12. The van der Waals surface area contributed by atoms with Crippen LogP contribution in [0, 0.1) is 5.92 Å². The number of rotatable bonds is 6. The standard InChI is InChI=1S/C22H24N4O6S2/c1-13(2)7-9-15-17-6-4-5-11-26(17)22(28)19(20(15)27)21-23-16-10-8-14(24-33(3,29)30)12-18(16)34(31,32)25-21/h4-6,8,10-13,24,27H,7,9H2,1-3H3,(H,23,25). The lowest BCUT2D eigenvalue weighted by Gasteiger charge is -2.21. The molecule has 0 bridgehead atoms. The lowest BCUT2D eigenvalue weighted by atomic mass is 9.99. The summed E-state index contributed by atoms with van der Waals surface area (Å²) in [5, 5.41) is 13.9. The Morgan fingerprint density at radius 2 is 1.94 bits per heavy atom. The topological polar surface area (TPSA) is 146 Å². The Balaban J connectivity index is 1.89. The fraction of sp³-hybridized carbons (Fsp3) is 0.273. The van der Waals surface area contributed by atoms with E-state index in [0.29, 0.717) is 23.4 Å². The van der Waals surface area contributed by atoms with E-state index in [1.165, 1.54) is 16.5 Å². The predicted octanol–water partition coefficient (Wildman–Crippen LogP) is 2.53. The molecule has 180 valence electrons. The molecular formula is C22H24N4O6S2. The molecule has 0 saturated carbocycles. The van der Waals surface area contributed by atoms with E-state index < -0.39 is 25.6 Å². The molecule has 10 nitrogen and oxygen atoms in total. The van der Waals surface area contributed by atoms with Crippen LogP contribution in [-0.4, -0.2) is 38.4 Å². The van der Waals surface area contributed by atoms with E-state index >= 15 is 0 Å². The number of sulfonamides is 2. The van der Waals surface area contributed by atoms with Gasteiger partial charge in [-0.05, 0) is 49.1 Å². The first-order chi connectivity index (χ1) is 15.9. The summed E-state index contributed by atoms with van der Waals surface area (Å²) in [7, 11) is -7.93. The van der Waals surface area contributed by atoms with Crippen molar-refractivity contribution in [3.63, 3.8) is 0 Å². The predicted molar refractivity (Wildman–Crippen MR) is 131 cm³/mol. The van der Waals surface area contributed by atoms with Gasteiger partial charge in [-0.3, -0.25) is 13.9 Å². The summed E-state index contributed by atoms with van der Waals surface area (Å²) in [6, 6.07) is 9.03. The largest absolute Gasteiger partial charge is 0.507 e. The molecule has 0 atom stereocenters. The van der Waals surface area contributed by atoms with Crippen LogP contribution in [0.15, 0.2) is 56.7 Å². The summed E-state index contributed by atoms with van der Waals surface area (Å²) >= 11 is 0.